The molecule has 1 aromatic carbocycles. The van der Waals surface area contributed by atoms with E-state index in [1.165, 1.54) is 17.0 Å². The van der Waals surface area contributed by atoms with Crippen molar-refractivity contribution in [2.45, 2.75) is 32.7 Å². The van der Waals surface area contributed by atoms with Crippen LogP contribution in [0, 0.1) is 5.82 Å². The summed E-state index contributed by atoms with van der Waals surface area (Å²) in [5.74, 6) is 0.123. The van der Waals surface area contributed by atoms with Crippen molar-refractivity contribution in [3.8, 4) is 16.9 Å². The summed E-state index contributed by atoms with van der Waals surface area (Å²) < 4.78 is 50.0. The number of hydrogen-bond acceptors (Lipinski definition) is 9. The standard InChI is InChI=1S/C22H24F3N7O2/c1-12-10-32(11-13(2)33-12)22-27-9-17(23)20(28-22)31(3)19-16(8-18(26)29-30-19)14-4-6-15(7-5-14)34-21(24)25/h4-9,12-13,21H,10-11H2,1-3H3,(H2,26,29)/t12-,13+. The van der Waals surface area contributed by atoms with E-state index in [9.17, 15) is 13.2 Å². The Morgan fingerprint density at radius 3 is 2.44 bits per heavy atom. The van der Waals surface area contributed by atoms with Crippen molar-refractivity contribution >= 4 is 23.4 Å². The molecule has 4 rings (SSSR count). The average Bonchev–Trinajstić information content (AvgIpc) is 2.78. The molecule has 9 nitrogen and oxygen atoms in total. The molecule has 2 N–H and O–H groups in total. The summed E-state index contributed by atoms with van der Waals surface area (Å²) in [7, 11) is 1.59. The van der Waals surface area contributed by atoms with Crippen molar-refractivity contribution in [1.29, 1.82) is 0 Å². The van der Waals surface area contributed by atoms with Crippen LogP contribution in [-0.4, -0.2) is 59.1 Å². The molecule has 0 unspecified atom stereocenters. The van der Waals surface area contributed by atoms with Gasteiger partial charge in [-0.3, -0.25) is 0 Å². The molecule has 1 aliphatic rings. The number of hydrogen-bond donors (Lipinski definition) is 1. The number of rotatable bonds is 6. The van der Waals surface area contributed by atoms with Gasteiger partial charge >= 0.3 is 6.61 Å². The van der Waals surface area contributed by atoms with Crippen LogP contribution in [0.15, 0.2) is 36.5 Å². The first-order valence-corrected chi connectivity index (χ1v) is 10.6. The van der Waals surface area contributed by atoms with E-state index >= 15 is 0 Å². The molecular weight excluding hydrogens is 451 g/mol. The van der Waals surface area contributed by atoms with Gasteiger partial charge in [0.2, 0.25) is 5.95 Å². The lowest BCUT2D eigenvalue weighted by atomic mass is 10.1. The van der Waals surface area contributed by atoms with Gasteiger partial charge in [-0.15, -0.1) is 10.2 Å². The second kappa shape index (κ2) is 9.67. The molecule has 3 heterocycles. The van der Waals surface area contributed by atoms with Gasteiger partial charge in [-0.05, 0) is 37.6 Å². The van der Waals surface area contributed by atoms with Crippen molar-refractivity contribution in [2.75, 3.05) is 35.7 Å². The summed E-state index contributed by atoms with van der Waals surface area (Å²) in [6.45, 7) is 2.11. The fourth-order valence-electron chi connectivity index (χ4n) is 3.85. The highest BCUT2D eigenvalue weighted by Gasteiger charge is 2.26. The third kappa shape index (κ3) is 5.11. The minimum Gasteiger partial charge on any atom is -0.435 e. The van der Waals surface area contributed by atoms with E-state index in [4.69, 9.17) is 10.5 Å². The Kier molecular flexibility index (Phi) is 6.68. The van der Waals surface area contributed by atoms with E-state index in [2.05, 4.69) is 24.9 Å². The first kappa shape index (κ1) is 23.5. The topological polar surface area (TPSA) is 103 Å². The lowest BCUT2D eigenvalue weighted by Gasteiger charge is -2.35. The maximum atomic E-state index is 14.8. The zero-order chi connectivity index (χ0) is 24.4. The Hall–Kier alpha value is -3.67. The van der Waals surface area contributed by atoms with Gasteiger partial charge < -0.3 is 25.0 Å². The highest BCUT2D eigenvalue weighted by Crippen LogP contribution is 2.34. The summed E-state index contributed by atoms with van der Waals surface area (Å²) in [6, 6.07) is 7.50. The number of alkyl halides is 2. The van der Waals surface area contributed by atoms with Gasteiger partial charge in [-0.25, -0.2) is 9.37 Å². The molecule has 0 radical (unpaired) electrons. The molecule has 34 heavy (non-hydrogen) atoms. The molecule has 12 heteroatoms. The molecule has 0 bridgehead atoms. The summed E-state index contributed by atoms with van der Waals surface area (Å²) in [5.41, 5.74) is 6.94. The zero-order valence-corrected chi connectivity index (χ0v) is 18.8. The molecule has 3 aromatic rings. The smallest absolute Gasteiger partial charge is 0.387 e. The normalized spacial score (nSPS) is 18.3. The number of nitrogens with two attached hydrogens (primary N) is 1. The Morgan fingerprint density at radius 1 is 1.12 bits per heavy atom. The Bertz CT molecular complexity index is 1140. The van der Waals surface area contributed by atoms with E-state index in [0.29, 0.717) is 30.2 Å². The molecule has 1 saturated heterocycles. The minimum atomic E-state index is -2.93. The number of aromatic nitrogens is 4. The van der Waals surface area contributed by atoms with Crippen LogP contribution in [0.1, 0.15) is 13.8 Å². The van der Waals surface area contributed by atoms with Crippen molar-refractivity contribution in [3.05, 3.63) is 42.3 Å². The second-order valence-corrected chi connectivity index (χ2v) is 7.97. The first-order valence-electron chi connectivity index (χ1n) is 10.6. The molecule has 0 spiro atoms. The van der Waals surface area contributed by atoms with Crippen LogP contribution in [0.5, 0.6) is 5.75 Å². The molecule has 2 aromatic heterocycles. The van der Waals surface area contributed by atoms with Crippen molar-refractivity contribution < 1.29 is 22.6 Å². The van der Waals surface area contributed by atoms with E-state index in [0.717, 1.165) is 6.20 Å². The molecule has 0 saturated carbocycles. The number of nitrogens with zero attached hydrogens (tertiary/aromatic N) is 6. The highest BCUT2D eigenvalue weighted by atomic mass is 19.3. The zero-order valence-electron chi connectivity index (χ0n) is 18.8. The number of halogens is 3. The second-order valence-electron chi connectivity index (χ2n) is 7.97. The summed E-state index contributed by atoms with van der Waals surface area (Å²) in [5, 5.41) is 8.05. The fraction of sp³-hybridized carbons (Fsp3) is 0.364. The molecular formula is C22H24F3N7O2. The molecule has 1 aliphatic heterocycles. The number of morpholine rings is 1. The summed E-state index contributed by atoms with van der Waals surface area (Å²) >= 11 is 0. The summed E-state index contributed by atoms with van der Waals surface area (Å²) in [6.07, 6.45) is 1.06. The van der Waals surface area contributed by atoms with Gasteiger partial charge in [0, 0.05) is 25.7 Å². The third-order valence-corrected chi connectivity index (χ3v) is 5.23. The van der Waals surface area contributed by atoms with Crippen molar-refractivity contribution in [1.82, 2.24) is 20.2 Å². The fourth-order valence-corrected chi connectivity index (χ4v) is 3.85. The molecule has 0 amide bonds. The van der Waals surface area contributed by atoms with Crippen molar-refractivity contribution in [3.63, 3.8) is 0 Å². The van der Waals surface area contributed by atoms with Crippen molar-refractivity contribution in [2.24, 2.45) is 0 Å². The maximum absolute atomic E-state index is 14.8. The van der Waals surface area contributed by atoms with Crippen LogP contribution >= 0.6 is 0 Å². The number of anilines is 4. The number of nitrogen functional groups attached to an aromatic ring is 1. The van der Waals surface area contributed by atoms with Crippen LogP contribution in [0.4, 0.5) is 36.6 Å². The van der Waals surface area contributed by atoms with Gasteiger partial charge in [-0.1, -0.05) is 12.1 Å². The number of benzene rings is 1. The molecule has 180 valence electrons. The molecule has 0 aliphatic carbocycles. The third-order valence-electron chi connectivity index (χ3n) is 5.23. The van der Waals surface area contributed by atoms with Gasteiger partial charge in [0.15, 0.2) is 17.5 Å². The van der Waals surface area contributed by atoms with E-state index in [1.807, 2.05) is 18.7 Å². The number of ether oxygens (including phenoxy) is 2. The van der Waals surface area contributed by atoms with E-state index in [1.54, 1.807) is 25.2 Å². The van der Waals surface area contributed by atoms with E-state index < -0.39 is 12.4 Å². The van der Waals surface area contributed by atoms with Gasteiger partial charge in [0.05, 0.1) is 18.4 Å². The van der Waals surface area contributed by atoms with Crippen LogP contribution in [0.2, 0.25) is 0 Å². The Balaban J connectivity index is 1.69. The van der Waals surface area contributed by atoms with Crippen LogP contribution in [-0.2, 0) is 4.74 Å². The highest BCUT2D eigenvalue weighted by molar-refractivity contribution is 5.80. The Morgan fingerprint density at radius 2 is 1.79 bits per heavy atom. The minimum absolute atomic E-state index is 0.00379. The SMILES string of the molecule is C[C@@H]1CN(c2ncc(F)c(N(C)c3nnc(N)cc3-c3ccc(OC(F)F)cc3)n2)C[C@H](C)O1. The predicted molar refractivity (Wildman–Crippen MR) is 121 cm³/mol. The van der Waals surface area contributed by atoms with Crippen LogP contribution < -0.4 is 20.3 Å². The van der Waals surface area contributed by atoms with Crippen LogP contribution in [0.3, 0.4) is 0 Å². The quantitative estimate of drug-likeness (QED) is 0.572. The van der Waals surface area contributed by atoms with E-state index in [-0.39, 0.29) is 35.4 Å². The lowest BCUT2D eigenvalue weighted by molar-refractivity contribution is -0.0498. The lowest BCUT2D eigenvalue weighted by Crippen LogP contribution is -2.46. The first-order chi connectivity index (χ1) is 16.2. The van der Waals surface area contributed by atoms with Gasteiger partial charge in [0.25, 0.3) is 0 Å². The monoisotopic (exact) mass is 475 g/mol. The predicted octanol–water partition coefficient (Wildman–Crippen LogP) is 3.64. The Labute approximate surface area is 194 Å². The maximum Gasteiger partial charge on any atom is 0.387 e. The average molecular weight is 475 g/mol. The largest absolute Gasteiger partial charge is 0.435 e. The van der Waals surface area contributed by atoms with Crippen LogP contribution in [0.25, 0.3) is 11.1 Å². The van der Waals surface area contributed by atoms with Gasteiger partial charge in [0.1, 0.15) is 11.6 Å². The molecule has 1 fully saturated rings. The molecule has 2 atom stereocenters. The van der Waals surface area contributed by atoms with Gasteiger partial charge in [-0.2, -0.15) is 13.8 Å². The summed E-state index contributed by atoms with van der Waals surface area (Å²) in [4.78, 5) is 12.0.